The van der Waals surface area contributed by atoms with Crippen LogP contribution >= 0.6 is 0 Å². The normalized spacial score (nSPS) is 12.3. The smallest absolute Gasteiger partial charge is 0.406 e. The van der Waals surface area contributed by atoms with Gasteiger partial charge in [-0.05, 0) is 41.0 Å². The Bertz CT molecular complexity index is 676. The first kappa shape index (κ1) is 17.1. The lowest BCUT2D eigenvalue weighted by atomic mass is 9.97. The van der Waals surface area contributed by atoms with Crippen molar-refractivity contribution in [2.75, 3.05) is 0 Å². The summed E-state index contributed by atoms with van der Waals surface area (Å²) < 4.78 is 79.2. The molecular formula is C15H11F6NO. The minimum Gasteiger partial charge on any atom is -0.406 e. The van der Waals surface area contributed by atoms with Crippen molar-refractivity contribution in [3.8, 4) is 16.9 Å². The Morgan fingerprint density at radius 2 is 1.48 bits per heavy atom. The molecule has 0 atom stereocenters. The Balaban J connectivity index is 2.44. The lowest BCUT2D eigenvalue weighted by Gasteiger charge is -2.15. The summed E-state index contributed by atoms with van der Waals surface area (Å²) in [7, 11) is 0. The highest BCUT2D eigenvalue weighted by Gasteiger charge is 2.34. The maximum Gasteiger partial charge on any atom is 0.573 e. The van der Waals surface area contributed by atoms with Gasteiger partial charge in [-0.25, -0.2) is 0 Å². The molecule has 2 N–H and O–H groups in total. The zero-order valence-electron chi connectivity index (χ0n) is 11.5. The van der Waals surface area contributed by atoms with E-state index in [0.717, 1.165) is 30.3 Å². The molecule has 0 saturated heterocycles. The number of ether oxygens (including phenoxy) is 1. The first-order valence-electron chi connectivity index (χ1n) is 6.36. The first-order valence-corrected chi connectivity index (χ1v) is 6.36. The minimum atomic E-state index is -4.86. The SMILES string of the molecule is NCc1ccc(C(F)(F)F)c(-c2ccc(OC(F)(F)F)cc2)c1. The molecular weight excluding hydrogens is 324 g/mol. The third-order valence-corrected chi connectivity index (χ3v) is 3.02. The molecule has 2 aromatic rings. The van der Waals surface area contributed by atoms with Gasteiger partial charge >= 0.3 is 12.5 Å². The monoisotopic (exact) mass is 335 g/mol. The van der Waals surface area contributed by atoms with Crippen molar-refractivity contribution >= 4 is 0 Å². The van der Waals surface area contributed by atoms with Crippen LogP contribution in [0.5, 0.6) is 5.75 Å². The van der Waals surface area contributed by atoms with Crippen LogP contribution in [0.3, 0.4) is 0 Å². The number of nitrogens with two attached hydrogens (primary N) is 1. The minimum absolute atomic E-state index is 0.0421. The van der Waals surface area contributed by atoms with Crippen LogP contribution in [0.1, 0.15) is 11.1 Å². The van der Waals surface area contributed by atoms with Gasteiger partial charge in [-0.15, -0.1) is 13.2 Å². The second-order valence-corrected chi connectivity index (χ2v) is 4.65. The zero-order valence-corrected chi connectivity index (χ0v) is 11.5. The van der Waals surface area contributed by atoms with E-state index in [1.807, 2.05) is 0 Å². The van der Waals surface area contributed by atoms with Gasteiger partial charge in [0.05, 0.1) is 5.56 Å². The summed E-state index contributed by atoms with van der Waals surface area (Å²) in [5.74, 6) is -0.509. The van der Waals surface area contributed by atoms with Gasteiger partial charge in [0.25, 0.3) is 0 Å². The van der Waals surface area contributed by atoms with Crippen LogP contribution in [0.15, 0.2) is 42.5 Å². The fourth-order valence-corrected chi connectivity index (χ4v) is 2.04. The topological polar surface area (TPSA) is 35.2 Å². The van der Waals surface area contributed by atoms with Gasteiger partial charge < -0.3 is 10.5 Å². The van der Waals surface area contributed by atoms with Crippen molar-refractivity contribution in [2.24, 2.45) is 5.73 Å². The Labute approximate surface area is 127 Å². The lowest BCUT2D eigenvalue weighted by molar-refractivity contribution is -0.274. The van der Waals surface area contributed by atoms with Crippen molar-refractivity contribution < 1.29 is 31.1 Å². The van der Waals surface area contributed by atoms with Crippen LogP contribution in [0.4, 0.5) is 26.3 Å². The molecule has 124 valence electrons. The van der Waals surface area contributed by atoms with Crippen molar-refractivity contribution in [3.63, 3.8) is 0 Å². The van der Waals surface area contributed by atoms with E-state index in [1.54, 1.807) is 0 Å². The predicted molar refractivity (Wildman–Crippen MR) is 71.5 cm³/mol. The number of hydrogen-bond donors (Lipinski definition) is 1. The molecule has 2 rings (SSSR count). The van der Waals surface area contributed by atoms with Crippen LogP contribution < -0.4 is 10.5 Å². The van der Waals surface area contributed by atoms with Gasteiger partial charge in [-0.3, -0.25) is 0 Å². The quantitative estimate of drug-likeness (QED) is 0.823. The molecule has 0 bridgehead atoms. The number of halogens is 6. The summed E-state index contributed by atoms with van der Waals surface area (Å²) >= 11 is 0. The number of hydrogen-bond acceptors (Lipinski definition) is 2. The largest absolute Gasteiger partial charge is 0.573 e. The molecule has 0 fully saturated rings. The fourth-order valence-electron chi connectivity index (χ4n) is 2.04. The molecule has 0 saturated carbocycles. The van der Waals surface area contributed by atoms with Crippen molar-refractivity contribution in [2.45, 2.75) is 19.1 Å². The summed E-state index contributed by atoms with van der Waals surface area (Å²) in [6.45, 7) is 0.0421. The van der Waals surface area contributed by atoms with Gasteiger partial charge in [-0.2, -0.15) is 13.2 Å². The number of alkyl halides is 6. The van der Waals surface area contributed by atoms with E-state index in [0.29, 0.717) is 5.56 Å². The van der Waals surface area contributed by atoms with Gasteiger partial charge in [0.15, 0.2) is 0 Å². The average Bonchev–Trinajstić information content (AvgIpc) is 2.45. The van der Waals surface area contributed by atoms with E-state index < -0.39 is 23.9 Å². The molecule has 0 aromatic heterocycles. The van der Waals surface area contributed by atoms with Crippen LogP contribution in [0, 0.1) is 0 Å². The summed E-state index contributed by atoms with van der Waals surface area (Å²) in [5, 5.41) is 0. The summed E-state index contributed by atoms with van der Waals surface area (Å²) in [6, 6.07) is 7.60. The molecule has 8 heteroatoms. The molecule has 2 nitrogen and oxygen atoms in total. The molecule has 0 aliphatic heterocycles. The van der Waals surface area contributed by atoms with E-state index in [-0.39, 0.29) is 17.7 Å². The average molecular weight is 335 g/mol. The highest BCUT2D eigenvalue weighted by atomic mass is 19.4. The highest BCUT2D eigenvalue weighted by molar-refractivity contribution is 5.69. The van der Waals surface area contributed by atoms with Crippen LogP contribution in [-0.2, 0) is 12.7 Å². The maximum absolute atomic E-state index is 13.1. The second-order valence-electron chi connectivity index (χ2n) is 4.65. The molecule has 0 aliphatic rings. The van der Waals surface area contributed by atoms with Crippen molar-refractivity contribution in [3.05, 3.63) is 53.6 Å². The molecule has 23 heavy (non-hydrogen) atoms. The second kappa shape index (κ2) is 6.11. The Hall–Kier alpha value is -2.22. The molecule has 0 unspecified atom stereocenters. The molecule has 0 aliphatic carbocycles. The van der Waals surface area contributed by atoms with Crippen LogP contribution in [0.2, 0.25) is 0 Å². The molecule has 0 amide bonds. The molecule has 0 radical (unpaired) electrons. The van der Waals surface area contributed by atoms with E-state index in [1.165, 1.54) is 12.1 Å². The number of rotatable bonds is 3. The van der Waals surface area contributed by atoms with Gasteiger partial charge in [-0.1, -0.05) is 18.2 Å². The molecule has 0 heterocycles. The van der Waals surface area contributed by atoms with Crippen molar-refractivity contribution in [1.82, 2.24) is 0 Å². The van der Waals surface area contributed by atoms with Gasteiger partial charge in [0.2, 0.25) is 0 Å². The van der Waals surface area contributed by atoms with E-state index in [2.05, 4.69) is 4.74 Å². The zero-order chi connectivity index (χ0) is 17.3. The Kier molecular flexibility index (Phi) is 4.56. The Morgan fingerprint density at radius 1 is 0.870 bits per heavy atom. The number of benzene rings is 2. The maximum atomic E-state index is 13.1. The van der Waals surface area contributed by atoms with Gasteiger partial charge in [0.1, 0.15) is 5.75 Å². The van der Waals surface area contributed by atoms with Crippen LogP contribution in [-0.4, -0.2) is 6.36 Å². The van der Waals surface area contributed by atoms with Crippen LogP contribution in [0.25, 0.3) is 11.1 Å². The van der Waals surface area contributed by atoms with E-state index in [4.69, 9.17) is 5.73 Å². The van der Waals surface area contributed by atoms with Crippen molar-refractivity contribution in [1.29, 1.82) is 0 Å². The third-order valence-electron chi connectivity index (χ3n) is 3.02. The summed E-state index contributed by atoms with van der Waals surface area (Å²) in [5.41, 5.74) is 4.97. The summed E-state index contributed by atoms with van der Waals surface area (Å²) in [4.78, 5) is 0. The van der Waals surface area contributed by atoms with E-state index >= 15 is 0 Å². The highest BCUT2D eigenvalue weighted by Crippen LogP contribution is 2.38. The lowest BCUT2D eigenvalue weighted by Crippen LogP contribution is -2.17. The predicted octanol–water partition coefficient (Wildman–Crippen LogP) is 4.73. The Morgan fingerprint density at radius 3 is 1.96 bits per heavy atom. The molecule has 0 spiro atoms. The summed E-state index contributed by atoms with van der Waals surface area (Å²) in [6.07, 6.45) is -9.46. The molecule has 2 aromatic carbocycles. The van der Waals surface area contributed by atoms with E-state index in [9.17, 15) is 26.3 Å². The third kappa shape index (κ3) is 4.38. The van der Waals surface area contributed by atoms with Gasteiger partial charge in [0, 0.05) is 6.54 Å². The first-order chi connectivity index (χ1) is 10.6. The fraction of sp³-hybridized carbons (Fsp3) is 0.200. The standard InChI is InChI=1S/C15H11F6NO/c16-14(17,18)13-6-1-9(8-22)7-12(13)10-2-4-11(5-3-10)23-15(19,20)21/h1-7H,8,22H2.